The van der Waals surface area contributed by atoms with Gasteiger partial charge < -0.3 is 9.52 Å². The number of aromatic nitrogens is 3. The molecule has 0 radical (unpaired) electrons. The lowest BCUT2D eigenvalue weighted by Crippen LogP contribution is -2.00. The molecule has 0 aromatic carbocycles. The fraction of sp³-hybridized carbons (Fsp3) is 0. The number of halogens is 2. The summed E-state index contributed by atoms with van der Waals surface area (Å²) in [6, 6.07) is 4.73. The molecule has 3 aromatic rings. The summed E-state index contributed by atoms with van der Waals surface area (Å²) in [6.07, 6.45) is 1.40. The number of rotatable bonds is 2. The molecule has 0 amide bonds. The van der Waals surface area contributed by atoms with E-state index in [1.807, 2.05) is 0 Å². The van der Waals surface area contributed by atoms with E-state index in [0.717, 1.165) is 0 Å². The molecule has 0 atom stereocenters. The van der Waals surface area contributed by atoms with E-state index in [2.05, 4.69) is 26.1 Å². The first-order valence-corrected chi connectivity index (χ1v) is 6.26. The van der Waals surface area contributed by atoms with Crippen LogP contribution in [-0.4, -0.2) is 25.7 Å². The van der Waals surface area contributed by atoms with Gasteiger partial charge in [-0.1, -0.05) is 11.6 Å². The van der Waals surface area contributed by atoms with Crippen molar-refractivity contribution in [2.75, 3.05) is 0 Å². The molecule has 19 heavy (non-hydrogen) atoms. The van der Waals surface area contributed by atoms with Gasteiger partial charge in [0.15, 0.2) is 16.1 Å². The van der Waals surface area contributed by atoms with E-state index in [4.69, 9.17) is 21.1 Å². The van der Waals surface area contributed by atoms with Gasteiger partial charge in [-0.2, -0.15) is 0 Å². The summed E-state index contributed by atoms with van der Waals surface area (Å²) in [5.41, 5.74) is 0.415. The molecule has 0 unspecified atom stereocenters. The molecular formula is C11H5BrClN3O3. The predicted octanol–water partition coefficient (Wildman–Crippen LogP) is 3.10. The van der Waals surface area contributed by atoms with Crippen molar-refractivity contribution in [3.05, 3.63) is 39.7 Å². The molecule has 8 heteroatoms. The monoisotopic (exact) mass is 341 g/mol. The number of pyridine rings is 1. The molecule has 0 spiro atoms. The van der Waals surface area contributed by atoms with E-state index in [9.17, 15) is 4.79 Å². The molecular weight excluding hydrogens is 337 g/mol. The summed E-state index contributed by atoms with van der Waals surface area (Å²) in [4.78, 5) is 11.0. The Bertz CT molecular complexity index is 796. The molecule has 3 heterocycles. The van der Waals surface area contributed by atoms with Crippen molar-refractivity contribution in [1.82, 2.24) is 14.6 Å². The molecule has 6 nitrogen and oxygen atoms in total. The average Bonchev–Trinajstić information content (AvgIpc) is 2.94. The van der Waals surface area contributed by atoms with Crippen molar-refractivity contribution in [3.63, 3.8) is 0 Å². The lowest BCUT2D eigenvalue weighted by Gasteiger charge is -2.01. The van der Waals surface area contributed by atoms with Gasteiger partial charge in [-0.25, -0.2) is 4.79 Å². The van der Waals surface area contributed by atoms with Crippen molar-refractivity contribution in [3.8, 4) is 11.6 Å². The van der Waals surface area contributed by atoms with Crippen LogP contribution in [0.15, 0.2) is 33.5 Å². The molecule has 0 fully saturated rings. The van der Waals surface area contributed by atoms with Crippen LogP contribution in [0.2, 0.25) is 5.02 Å². The van der Waals surface area contributed by atoms with Gasteiger partial charge in [0.2, 0.25) is 5.82 Å². The highest BCUT2D eigenvalue weighted by Gasteiger charge is 2.16. The van der Waals surface area contributed by atoms with Crippen LogP contribution in [0.1, 0.15) is 10.4 Å². The molecule has 0 saturated heterocycles. The zero-order valence-corrected chi connectivity index (χ0v) is 11.5. The maximum Gasteiger partial charge on any atom is 0.337 e. The van der Waals surface area contributed by atoms with Gasteiger partial charge in [-0.05, 0) is 34.1 Å². The summed E-state index contributed by atoms with van der Waals surface area (Å²) < 4.78 is 7.40. The number of carboxylic acid groups (broad SMARTS) is 1. The maximum absolute atomic E-state index is 11.0. The van der Waals surface area contributed by atoms with Crippen LogP contribution in [0.25, 0.3) is 17.2 Å². The number of fused-ring (bicyclic) bond motifs is 1. The minimum atomic E-state index is -1.08. The number of carbonyl (C=O) groups is 1. The van der Waals surface area contributed by atoms with Crippen molar-refractivity contribution >= 4 is 39.1 Å². The summed E-state index contributed by atoms with van der Waals surface area (Å²) >= 11 is 9.18. The van der Waals surface area contributed by atoms with Gasteiger partial charge >= 0.3 is 5.97 Å². The van der Waals surface area contributed by atoms with Crippen molar-refractivity contribution in [2.24, 2.45) is 0 Å². The number of carboxylic acids is 1. The minimum absolute atomic E-state index is 0.0455. The Hall–Kier alpha value is -1.86. The summed E-state index contributed by atoms with van der Waals surface area (Å²) in [5.74, 6) is -0.243. The largest absolute Gasteiger partial charge is 0.478 e. The Morgan fingerprint density at radius 3 is 2.84 bits per heavy atom. The third kappa shape index (κ3) is 2.00. The number of nitrogens with zero attached hydrogens (tertiary/aromatic N) is 3. The van der Waals surface area contributed by atoms with Crippen LogP contribution >= 0.6 is 27.5 Å². The lowest BCUT2D eigenvalue weighted by molar-refractivity contribution is 0.0696. The second-order valence-electron chi connectivity index (χ2n) is 3.70. The second-order valence-corrected chi connectivity index (χ2v) is 4.89. The van der Waals surface area contributed by atoms with E-state index in [0.29, 0.717) is 21.9 Å². The molecule has 1 N–H and O–H groups in total. The SMILES string of the molecule is O=C(O)c1cc(Cl)c2nnc(-c3ccc(Br)o3)n2c1. The Kier molecular flexibility index (Phi) is 2.79. The average molecular weight is 343 g/mol. The molecule has 96 valence electrons. The summed E-state index contributed by atoms with van der Waals surface area (Å²) in [5, 5.41) is 17.1. The van der Waals surface area contributed by atoms with Crippen LogP contribution in [0.4, 0.5) is 0 Å². The molecule has 0 bridgehead atoms. The zero-order chi connectivity index (χ0) is 13.6. The second kappa shape index (κ2) is 4.36. The van der Waals surface area contributed by atoms with Gasteiger partial charge in [0.1, 0.15) is 0 Å². The van der Waals surface area contributed by atoms with Crippen LogP contribution in [0, 0.1) is 0 Å². The lowest BCUT2D eigenvalue weighted by atomic mass is 10.3. The third-order valence-corrected chi connectivity index (χ3v) is 3.20. The Labute approximate surface area is 119 Å². The summed E-state index contributed by atoms with van der Waals surface area (Å²) in [7, 11) is 0. The molecule has 0 aliphatic heterocycles. The van der Waals surface area contributed by atoms with Gasteiger partial charge in [0.05, 0.1) is 10.6 Å². The topological polar surface area (TPSA) is 80.6 Å². The van der Waals surface area contributed by atoms with E-state index >= 15 is 0 Å². The maximum atomic E-state index is 11.0. The molecule has 3 rings (SSSR count). The highest BCUT2D eigenvalue weighted by Crippen LogP contribution is 2.26. The van der Waals surface area contributed by atoms with Crippen molar-refractivity contribution in [1.29, 1.82) is 0 Å². The molecule has 3 aromatic heterocycles. The number of hydrogen-bond donors (Lipinski definition) is 1. The van der Waals surface area contributed by atoms with Crippen molar-refractivity contribution in [2.45, 2.75) is 0 Å². The Morgan fingerprint density at radius 1 is 1.42 bits per heavy atom. The predicted molar refractivity (Wildman–Crippen MR) is 70.4 cm³/mol. The normalized spacial score (nSPS) is 11.1. The smallest absolute Gasteiger partial charge is 0.337 e. The molecule has 0 aliphatic carbocycles. The first-order chi connectivity index (χ1) is 9.06. The number of hydrogen-bond acceptors (Lipinski definition) is 4. The van der Waals surface area contributed by atoms with E-state index < -0.39 is 5.97 Å². The first-order valence-electron chi connectivity index (χ1n) is 5.09. The number of aromatic carboxylic acids is 1. The third-order valence-electron chi connectivity index (χ3n) is 2.50. The van der Waals surface area contributed by atoms with Gasteiger partial charge in [0.25, 0.3) is 0 Å². The minimum Gasteiger partial charge on any atom is -0.478 e. The fourth-order valence-electron chi connectivity index (χ4n) is 1.67. The highest BCUT2D eigenvalue weighted by atomic mass is 79.9. The molecule has 0 aliphatic rings. The zero-order valence-electron chi connectivity index (χ0n) is 9.17. The van der Waals surface area contributed by atoms with Gasteiger partial charge in [-0.3, -0.25) is 4.40 Å². The van der Waals surface area contributed by atoms with Crippen molar-refractivity contribution < 1.29 is 14.3 Å². The standard InChI is InChI=1S/C11H5BrClN3O3/c12-8-2-1-7(19-8)10-15-14-9-6(13)3-5(11(17)18)4-16(9)10/h1-4H,(H,17,18). The summed E-state index contributed by atoms with van der Waals surface area (Å²) in [6.45, 7) is 0. The highest BCUT2D eigenvalue weighted by molar-refractivity contribution is 9.10. The Balaban J connectivity index is 2.29. The first kappa shape index (κ1) is 12.2. The van der Waals surface area contributed by atoms with E-state index in [1.54, 1.807) is 12.1 Å². The van der Waals surface area contributed by atoms with Gasteiger partial charge in [-0.15, -0.1) is 10.2 Å². The van der Waals surface area contributed by atoms with Crippen LogP contribution in [0.5, 0.6) is 0 Å². The van der Waals surface area contributed by atoms with E-state index in [-0.39, 0.29) is 10.6 Å². The van der Waals surface area contributed by atoms with Crippen LogP contribution < -0.4 is 0 Å². The fourth-order valence-corrected chi connectivity index (χ4v) is 2.23. The van der Waals surface area contributed by atoms with E-state index in [1.165, 1.54) is 16.7 Å². The van der Waals surface area contributed by atoms with Gasteiger partial charge in [0, 0.05) is 6.20 Å². The quantitative estimate of drug-likeness (QED) is 0.774. The molecule has 0 saturated carbocycles. The van der Waals surface area contributed by atoms with Crippen LogP contribution in [0.3, 0.4) is 0 Å². The Morgan fingerprint density at radius 2 is 2.21 bits per heavy atom. The van der Waals surface area contributed by atoms with Crippen LogP contribution in [-0.2, 0) is 0 Å². The number of furan rings is 1.